The van der Waals surface area contributed by atoms with Crippen molar-refractivity contribution in [3.63, 3.8) is 0 Å². The minimum absolute atomic E-state index is 0.0756. The van der Waals surface area contributed by atoms with Crippen molar-refractivity contribution in [2.45, 2.75) is 31.7 Å². The molecule has 2 saturated heterocycles. The largest absolute Gasteiger partial charge is 0.379 e. The van der Waals surface area contributed by atoms with Gasteiger partial charge in [-0.2, -0.15) is 0 Å². The van der Waals surface area contributed by atoms with Crippen molar-refractivity contribution < 1.29 is 9.53 Å². The van der Waals surface area contributed by atoms with Crippen LogP contribution in [-0.4, -0.2) is 49.8 Å². The number of ether oxygens (including phenoxy) is 1. The molecule has 5 nitrogen and oxygen atoms in total. The summed E-state index contributed by atoms with van der Waals surface area (Å²) in [6.07, 6.45) is 4.21. The number of carbonyl (C=O) groups excluding carboxylic acids is 1. The number of likely N-dealkylation sites (tertiary alicyclic amines) is 1. The van der Waals surface area contributed by atoms with Gasteiger partial charge in [-0.05, 0) is 38.1 Å². The van der Waals surface area contributed by atoms with Crippen molar-refractivity contribution in [3.8, 4) is 0 Å². The van der Waals surface area contributed by atoms with E-state index in [2.05, 4.69) is 5.32 Å². The number of urea groups is 1. The molecule has 0 aromatic heterocycles. The molecule has 2 aliphatic rings. The summed E-state index contributed by atoms with van der Waals surface area (Å²) in [6, 6.07) is 0.288. The van der Waals surface area contributed by atoms with Crippen molar-refractivity contribution in [2.75, 3.05) is 32.8 Å². The second-order valence-electron chi connectivity index (χ2n) is 5.02. The number of piperidine rings is 1. The molecule has 1 atom stereocenters. The number of carbonyl (C=O) groups is 1. The molecule has 0 aromatic rings. The summed E-state index contributed by atoms with van der Waals surface area (Å²) < 4.78 is 5.25. The van der Waals surface area contributed by atoms with Crippen LogP contribution in [0, 0.1) is 5.92 Å². The maximum atomic E-state index is 12.0. The van der Waals surface area contributed by atoms with Crippen LogP contribution in [0.1, 0.15) is 25.7 Å². The van der Waals surface area contributed by atoms with E-state index in [4.69, 9.17) is 10.5 Å². The molecule has 2 rings (SSSR count). The topological polar surface area (TPSA) is 67.6 Å². The normalized spacial score (nSPS) is 26.2. The van der Waals surface area contributed by atoms with Crippen LogP contribution < -0.4 is 11.1 Å². The Labute approximate surface area is 103 Å². The van der Waals surface area contributed by atoms with E-state index < -0.39 is 0 Å². The quantitative estimate of drug-likeness (QED) is 0.758. The number of nitrogens with zero attached hydrogens (tertiary/aromatic N) is 1. The van der Waals surface area contributed by atoms with Crippen LogP contribution in [0.15, 0.2) is 0 Å². The van der Waals surface area contributed by atoms with Gasteiger partial charge in [-0.25, -0.2) is 4.79 Å². The van der Waals surface area contributed by atoms with Gasteiger partial charge in [0, 0.05) is 19.7 Å². The third-order valence-electron chi connectivity index (χ3n) is 3.73. The molecular formula is C12H23N3O2. The van der Waals surface area contributed by atoms with E-state index in [1.807, 2.05) is 4.90 Å². The molecule has 0 bridgehead atoms. The van der Waals surface area contributed by atoms with Crippen LogP contribution in [0.5, 0.6) is 0 Å². The average molecular weight is 241 g/mol. The minimum Gasteiger partial charge on any atom is -0.379 e. The monoisotopic (exact) mass is 241 g/mol. The Bertz CT molecular complexity index is 246. The fourth-order valence-corrected chi connectivity index (χ4v) is 2.57. The van der Waals surface area contributed by atoms with Gasteiger partial charge in [0.2, 0.25) is 0 Å². The molecule has 2 amide bonds. The molecule has 0 spiro atoms. The third kappa shape index (κ3) is 3.57. The summed E-state index contributed by atoms with van der Waals surface area (Å²) in [7, 11) is 0. The number of amides is 2. The van der Waals surface area contributed by atoms with E-state index in [0.717, 1.165) is 51.9 Å². The zero-order valence-corrected chi connectivity index (χ0v) is 10.4. The van der Waals surface area contributed by atoms with Crippen molar-refractivity contribution in [1.29, 1.82) is 0 Å². The average Bonchev–Trinajstić information content (AvgIpc) is 2.83. The van der Waals surface area contributed by atoms with E-state index >= 15 is 0 Å². The van der Waals surface area contributed by atoms with Gasteiger partial charge < -0.3 is 20.7 Å². The lowest BCUT2D eigenvalue weighted by atomic mass is 9.94. The highest BCUT2D eigenvalue weighted by atomic mass is 16.5. The highest BCUT2D eigenvalue weighted by Crippen LogP contribution is 2.19. The molecule has 98 valence electrons. The molecule has 0 saturated carbocycles. The molecule has 17 heavy (non-hydrogen) atoms. The summed E-state index contributed by atoms with van der Waals surface area (Å²) in [6.45, 7) is 3.92. The lowest BCUT2D eigenvalue weighted by Crippen LogP contribution is -2.48. The Hall–Kier alpha value is -0.810. The Kier molecular flexibility index (Phi) is 4.62. The van der Waals surface area contributed by atoms with Crippen LogP contribution >= 0.6 is 0 Å². The third-order valence-corrected chi connectivity index (χ3v) is 3.73. The number of nitrogens with one attached hydrogen (secondary N) is 1. The molecule has 1 unspecified atom stereocenters. The summed E-state index contributed by atoms with van der Waals surface area (Å²) in [5, 5.41) is 3.03. The molecule has 2 heterocycles. The summed E-state index contributed by atoms with van der Waals surface area (Å²) >= 11 is 0. The first-order valence-electron chi connectivity index (χ1n) is 6.63. The first-order chi connectivity index (χ1) is 8.29. The SMILES string of the molecule is NCCC1CCN(C(=O)NC2CCOC2)CC1. The molecule has 0 radical (unpaired) electrons. The predicted molar refractivity (Wildman–Crippen MR) is 65.7 cm³/mol. The molecule has 0 aromatic carbocycles. The summed E-state index contributed by atoms with van der Waals surface area (Å²) in [5.41, 5.74) is 5.56. The van der Waals surface area contributed by atoms with E-state index in [-0.39, 0.29) is 12.1 Å². The number of nitrogens with two attached hydrogens (primary N) is 1. The van der Waals surface area contributed by atoms with Crippen LogP contribution in [-0.2, 0) is 4.74 Å². The fourth-order valence-electron chi connectivity index (χ4n) is 2.57. The zero-order chi connectivity index (χ0) is 12.1. The molecule has 2 aliphatic heterocycles. The Balaban J connectivity index is 1.70. The molecule has 3 N–H and O–H groups in total. The van der Waals surface area contributed by atoms with Crippen molar-refractivity contribution in [2.24, 2.45) is 11.7 Å². The highest BCUT2D eigenvalue weighted by molar-refractivity contribution is 5.74. The Morgan fingerprint density at radius 1 is 1.35 bits per heavy atom. The van der Waals surface area contributed by atoms with Crippen molar-refractivity contribution >= 4 is 6.03 Å². The fraction of sp³-hybridized carbons (Fsp3) is 0.917. The second-order valence-corrected chi connectivity index (χ2v) is 5.02. The number of hydrogen-bond acceptors (Lipinski definition) is 3. The predicted octanol–water partition coefficient (Wildman–Crippen LogP) is 0.546. The van der Waals surface area contributed by atoms with Crippen LogP contribution in [0.25, 0.3) is 0 Å². The van der Waals surface area contributed by atoms with Crippen LogP contribution in [0.2, 0.25) is 0 Å². The summed E-state index contributed by atoms with van der Waals surface area (Å²) in [4.78, 5) is 13.9. The van der Waals surface area contributed by atoms with Gasteiger partial charge in [-0.15, -0.1) is 0 Å². The number of rotatable bonds is 3. The van der Waals surface area contributed by atoms with Gasteiger partial charge in [0.05, 0.1) is 12.6 Å². The second kappa shape index (κ2) is 6.21. The molecule has 0 aliphatic carbocycles. The van der Waals surface area contributed by atoms with Gasteiger partial charge in [0.1, 0.15) is 0 Å². The van der Waals surface area contributed by atoms with E-state index in [1.165, 1.54) is 0 Å². The standard InChI is InChI=1S/C12H23N3O2/c13-5-1-10-2-6-15(7-3-10)12(16)14-11-4-8-17-9-11/h10-11H,1-9,13H2,(H,14,16). The van der Waals surface area contributed by atoms with E-state index in [0.29, 0.717) is 12.5 Å². The lowest BCUT2D eigenvalue weighted by Gasteiger charge is -2.32. The van der Waals surface area contributed by atoms with Gasteiger partial charge in [-0.3, -0.25) is 0 Å². The highest BCUT2D eigenvalue weighted by Gasteiger charge is 2.25. The maximum absolute atomic E-state index is 12.0. The Morgan fingerprint density at radius 2 is 2.12 bits per heavy atom. The minimum atomic E-state index is 0.0756. The first kappa shape index (κ1) is 12.6. The zero-order valence-electron chi connectivity index (χ0n) is 10.4. The van der Waals surface area contributed by atoms with Crippen LogP contribution in [0.4, 0.5) is 4.79 Å². The van der Waals surface area contributed by atoms with Crippen LogP contribution in [0.3, 0.4) is 0 Å². The molecule has 2 fully saturated rings. The smallest absolute Gasteiger partial charge is 0.317 e. The van der Waals surface area contributed by atoms with E-state index in [1.54, 1.807) is 0 Å². The first-order valence-corrected chi connectivity index (χ1v) is 6.63. The van der Waals surface area contributed by atoms with Gasteiger partial charge in [0.25, 0.3) is 0 Å². The molecule has 5 heteroatoms. The van der Waals surface area contributed by atoms with Crippen molar-refractivity contribution in [3.05, 3.63) is 0 Å². The van der Waals surface area contributed by atoms with Gasteiger partial charge >= 0.3 is 6.03 Å². The van der Waals surface area contributed by atoms with E-state index in [9.17, 15) is 4.79 Å². The Morgan fingerprint density at radius 3 is 2.71 bits per heavy atom. The summed E-state index contributed by atoms with van der Waals surface area (Å²) in [5.74, 6) is 0.707. The van der Waals surface area contributed by atoms with Gasteiger partial charge in [0.15, 0.2) is 0 Å². The van der Waals surface area contributed by atoms with Crippen molar-refractivity contribution in [1.82, 2.24) is 10.2 Å². The maximum Gasteiger partial charge on any atom is 0.317 e. The van der Waals surface area contributed by atoms with Gasteiger partial charge in [-0.1, -0.05) is 0 Å². The lowest BCUT2D eigenvalue weighted by molar-refractivity contribution is 0.160. The molecular weight excluding hydrogens is 218 g/mol. The number of hydrogen-bond donors (Lipinski definition) is 2.